The number of esters is 1. The zero-order valence-electron chi connectivity index (χ0n) is 19.5. The molecular formula is C23H18N4O10S. The third-order valence-corrected chi connectivity index (χ3v) is 8.22. The lowest BCUT2D eigenvalue weighted by molar-refractivity contribution is -0.758. The standard InChI is InChI=1S/C23H18N4O10S/c1-23(11-37-27(34)35)17(22(31)36-10-12-6-8-13(9-7-12)26(32)33)25-20(30)16(21(25)38-23)24-18(28)14-4-2-3-5-15(14)19(24)29/h2-9,16-17,21H,10-11H2,1H3/t16?,17?,21-,23+/m1/s1. The summed E-state index contributed by atoms with van der Waals surface area (Å²) < 4.78 is 4.03. The molecule has 0 N–H and O–H groups in total. The van der Waals surface area contributed by atoms with Crippen LogP contribution in [0.5, 0.6) is 0 Å². The minimum Gasteiger partial charge on any atom is -0.459 e. The fraction of sp³-hybridized carbons (Fsp3) is 0.304. The van der Waals surface area contributed by atoms with Gasteiger partial charge in [-0.1, -0.05) is 12.1 Å². The number of fused-ring (bicyclic) bond motifs is 2. The molecule has 15 heteroatoms. The Balaban J connectivity index is 1.38. The highest BCUT2D eigenvalue weighted by Crippen LogP contribution is 2.53. The van der Waals surface area contributed by atoms with Crippen LogP contribution in [0, 0.1) is 20.2 Å². The molecule has 3 aliphatic rings. The van der Waals surface area contributed by atoms with Crippen molar-refractivity contribution in [2.75, 3.05) is 6.61 Å². The Bertz CT molecular complexity index is 1360. The van der Waals surface area contributed by atoms with E-state index in [1.807, 2.05) is 0 Å². The van der Waals surface area contributed by atoms with Gasteiger partial charge in [0.25, 0.3) is 28.5 Å². The number of β-lactam (4-membered cyclic amide) rings is 1. The third kappa shape index (κ3) is 3.91. The molecule has 2 fully saturated rings. The van der Waals surface area contributed by atoms with Gasteiger partial charge in [-0.15, -0.1) is 21.9 Å². The zero-order valence-corrected chi connectivity index (χ0v) is 20.4. The molecule has 5 rings (SSSR count). The van der Waals surface area contributed by atoms with E-state index in [4.69, 9.17) is 4.74 Å². The minimum absolute atomic E-state index is 0.148. The van der Waals surface area contributed by atoms with Gasteiger partial charge in [-0.3, -0.25) is 29.4 Å². The van der Waals surface area contributed by atoms with Crippen molar-refractivity contribution in [2.24, 2.45) is 0 Å². The van der Waals surface area contributed by atoms with Crippen molar-refractivity contribution in [2.45, 2.75) is 35.7 Å². The molecule has 0 spiro atoms. The zero-order chi connectivity index (χ0) is 27.4. The highest BCUT2D eigenvalue weighted by Gasteiger charge is 2.69. The quantitative estimate of drug-likeness (QED) is 0.155. The number of hydrogen-bond acceptors (Lipinski definition) is 11. The van der Waals surface area contributed by atoms with Crippen LogP contribution in [0.4, 0.5) is 5.69 Å². The van der Waals surface area contributed by atoms with Crippen LogP contribution in [0.15, 0.2) is 48.5 Å². The highest BCUT2D eigenvalue weighted by molar-refractivity contribution is 8.01. The van der Waals surface area contributed by atoms with Gasteiger partial charge >= 0.3 is 5.97 Å². The van der Waals surface area contributed by atoms with E-state index >= 15 is 0 Å². The second-order valence-electron chi connectivity index (χ2n) is 8.97. The van der Waals surface area contributed by atoms with Gasteiger partial charge in [0.2, 0.25) is 0 Å². The summed E-state index contributed by atoms with van der Waals surface area (Å²) in [5, 5.41) is 19.9. The number of thioether (sulfide) groups is 1. The van der Waals surface area contributed by atoms with Crippen molar-refractivity contribution in [3.8, 4) is 0 Å². The summed E-state index contributed by atoms with van der Waals surface area (Å²) in [7, 11) is 0. The first kappa shape index (κ1) is 25.1. The number of non-ortho nitro benzene ring substituents is 1. The molecule has 0 bridgehead atoms. The Hall–Kier alpha value is -4.53. The van der Waals surface area contributed by atoms with E-state index in [1.165, 1.54) is 43.3 Å². The molecule has 38 heavy (non-hydrogen) atoms. The Kier molecular flexibility index (Phi) is 6.01. The summed E-state index contributed by atoms with van der Waals surface area (Å²) in [6, 6.07) is 8.89. The van der Waals surface area contributed by atoms with Crippen LogP contribution < -0.4 is 0 Å². The number of carbonyl (C=O) groups is 4. The molecular weight excluding hydrogens is 524 g/mol. The number of carbonyl (C=O) groups excluding carboxylic acids is 4. The lowest BCUT2D eigenvalue weighted by atomic mass is 9.94. The van der Waals surface area contributed by atoms with Gasteiger partial charge < -0.3 is 14.5 Å². The van der Waals surface area contributed by atoms with E-state index in [2.05, 4.69) is 4.84 Å². The van der Waals surface area contributed by atoms with Crippen LogP contribution in [0.3, 0.4) is 0 Å². The number of amides is 3. The second kappa shape index (κ2) is 9.09. The molecule has 0 aliphatic carbocycles. The van der Waals surface area contributed by atoms with Gasteiger partial charge in [0.05, 0.1) is 20.8 Å². The van der Waals surface area contributed by atoms with E-state index in [0.717, 1.165) is 21.6 Å². The number of nitrogens with zero attached hydrogens (tertiary/aromatic N) is 4. The van der Waals surface area contributed by atoms with Gasteiger partial charge in [-0.2, -0.15) is 0 Å². The molecule has 2 unspecified atom stereocenters. The molecule has 14 nitrogen and oxygen atoms in total. The number of ether oxygens (including phenoxy) is 1. The average Bonchev–Trinajstić information content (AvgIpc) is 3.31. The number of nitro benzene ring substituents is 1. The first-order valence-corrected chi connectivity index (χ1v) is 12.1. The van der Waals surface area contributed by atoms with Crippen LogP contribution in [-0.2, 0) is 25.8 Å². The molecule has 3 amide bonds. The molecule has 4 atom stereocenters. The Labute approximate surface area is 217 Å². The maximum Gasteiger partial charge on any atom is 0.330 e. The van der Waals surface area contributed by atoms with Crippen molar-refractivity contribution in [3.63, 3.8) is 0 Å². The van der Waals surface area contributed by atoms with Crippen LogP contribution in [0.25, 0.3) is 0 Å². The molecule has 0 aromatic heterocycles. The number of benzene rings is 2. The fourth-order valence-corrected chi connectivity index (χ4v) is 6.52. The lowest BCUT2D eigenvalue weighted by Gasteiger charge is -2.46. The summed E-state index contributed by atoms with van der Waals surface area (Å²) >= 11 is 1.00. The van der Waals surface area contributed by atoms with E-state index < -0.39 is 62.5 Å². The van der Waals surface area contributed by atoms with Crippen molar-refractivity contribution in [3.05, 3.63) is 85.4 Å². The Morgan fingerprint density at radius 1 is 1.03 bits per heavy atom. The summed E-state index contributed by atoms with van der Waals surface area (Å²) in [6.45, 7) is 0.639. The monoisotopic (exact) mass is 542 g/mol. The molecule has 2 aromatic rings. The maximum absolute atomic E-state index is 13.3. The largest absolute Gasteiger partial charge is 0.459 e. The van der Waals surface area contributed by atoms with Gasteiger partial charge in [-0.25, -0.2) is 4.79 Å². The van der Waals surface area contributed by atoms with Crippen LogP contribution in [0.2, 0.25) is 0 Å². The fourth-order valence-electron chi connectivity index (χ4n) is 4.80. The lowest BCUT2D eigenvalue weighted by Crippen LogP contribution is -2.71. The highest BCUT2D eigenvalue weighted by atomic mass is 32.2. The summed E-state index contributed by atoms with van der Waals surface area (Å²) in [4.78, 5) is 80.2. The molecule has 0 radical (unpaired) electrons. The van der Waals surface area contributed by atoms with Gasteiger partial charge in [-0.05, 0) is 36.8 Å². The topological polar surface area (TPSA) is 179 Å². The van der Waals surface area contributed by atoms with Crippen LogP contribution in [0.1, 0.15) is 33.2 Å². The summed E-state index contributed by atoms with van der Waals surface area (Å²) in [6.07, 6.45) is 0. The Morgan fingerprint density at radius 2 is 1.63 bits per heavy atom. The molecule has 0 saturated carbocycles. The SMILES string of the molecule is C[C@@]1(CO[N+](=O)[O-])S[C@@H]2C(N3C(=O)c4ccccc4C3=O)C(=O)N2C1C(=O)OCc1ccc([N+](=O)[O-])cc1. The van der Waals surface area contributed by atoms with Crippen LogP contribution >= 0.6 is 11.8 Å². The average molecular weight is 542 g/mol. The molecule has 3 heterocycles. The molecule has 3 aliphatic heterocycles. The van der Waals surface area contributed by atoms with Crippen molar-refractivity contribution in [1.82, 2.24) is 9.80 Å². The van der Waals surface area contributed by atoms with Crippen molar-refractivity contribution < 1.29 is 38.8 Å². The first-order chi connectivity index (χ1) is 18.0. The number of hydrogen-bond donors (Lipinski definition) is 0. The van der Waals surface area contributed by atoms with Gasteiger partial charge in [0.15, 0.2) is 0 Å². The predicted octanol–water partition coefficient (Wildman–Crippen LogP) is 1.55. The normalized spacial score (nSPS) is 25.5. The van der Waals surface area contributed by atoms with Crippen LogP contribution in [-0.4, -0.2) is 72.3 Å². The number of rotatable bonds is 8. The molecule has 196 valence electrons. The van der Waals surface area contributed by atoms with E-state index in [0.29, 0.717) is 5.56 Å². The maximum atomic E-state index is 13.3. The molecule has 2 saturated heterocycles. The molecule has 2 aromatic carbocycles. The van der Waals surface area contributed by atoms with Crippen molar-refractivity contribution >= 4 is 41.1 Å². The Morgan fingerprint density at radius 3 is 2.18 bits per heavy atom. The second-order valence-corrected chi connectivity index (χ2v) is 10.6. The summed E-state index contributed by atoms with van der Waals surface area (Å²) in [5.74, 6) is -2.85. The van der Waals surface area contributed by atoms with Crippen molar-refractivity contribution in [1.29, 1.82) is 0 Å². The predicted molar refractivity (Wildman–Crippen MR) is 127 cm³/mol. The summed E-state index contributed by atoms with van der Waals surface area (Å²) in [5.41, 5.74) is 0.605. The minimum atomic E-state index is -1.35. The number of imide groups is 1. The van der Waals surface area contributed by atoms with E-state index in [9.17, 15) is 39.4 Å². The smallest absolute Gasteiger partial charge is 0.330 e. The first-order valence-electron chi connectivity index (χ1n) is 11.2. The van der Waals surface area contributed by atoms with E-state index in [-0.39, 0.29) is 23.4 Å². The number of nitro groups is 1. The van der Waals surface area contributed by atoms with Gasteiger partial charge in [0, 0.05) is 12.1 Å². The third-order valence-electron chi connectivity index (χ3n) is 6.61. The van der Waals surface area contributed by atoms with E-state index in [1.54, 1.807) is 12.1 Å². The van der Waals surface area contributed by atoms with Gasteiger partial charge in [0.1, 0.15) is 30.7 Å².